The Balaban J connectivity index is 1.43. The second kappa shape index (κ2) is 14.0. The molecule has 1 saturated heterocycles. The SMILES string of the molecule is CC[C@H]1C[C@]1(NC(=O)[C@@H]1C[C@@H]2CN1C(=O)[C@H](C(C)(C)C)NC(=O)OCCCCCCCc1cccnc1O2)C(=O)NS(=O)(=O)C1CC1. The predicted molar refractivity (Wildman–Crippen MR) is 173 cm³/mol. The summed E-state index contributed by atoms with van der Waals surface area (Å²) in [5.41, 5.74) is -1.20. The summed E-state index contributed by atoms with van der Waals surface area (Å²) in [5.74, 6) is -1.62. The Labute approximate surface area is 277 Å². The molecule has 0 spiro atoms. The molecule has 3 heterocycles. The fourth-order valence-corrected chi connectivity index (χ4v) is 8.00. The first-order chi connectivity index (χ1) is 22.2. The summed E-state index contributed by atoms with van der Waals surface area (Å²) < 4.78 is 39.3. The van der Waals surface area contributed by atoms with E-state index in [1.165, 1.54) is 4.90 Å². The maximum Gasteiger partial charge on any atom is 0.407 e. The van der Waals surface area contributed by atoms with Crippen molar-refractivity contribution in [2.75, 3.05) is 13.2 Å². The summed E-state index contributed by atoms with van der Waals surface area (Å²) >= 11 is 0. The molecule has 13 nitrogen and oxygen atoms in total. The second-order valence-electron chi connectivity index (χ2n) is 14.5. The monoisotopic (exact) mass is 675 g/mol. The largest absolute Gasteiger partial charge is 0.472 e. The molecular formula is C33H49N5O8S. The number of carbonyl (C=O) groups excluding carboxylic acids is 4. The van der Waals surface area contributed by atoms with Crippen molar-refractivity contribution in [1.29, 1.82) is 0 Å². The number of hydrogen-bond acceptors (Lipinski definition) is 9. The van der Waals surface area contributed by atoms with Crippen molar-refractivity contribution in [3.05, 3.63) is 23.9 Å². The van der Waals surface area contributed by atoms with Gasteiger partial charge in [0.25, 0.3) is 5.91 Å². The minimum absolute atomic E-state index is 0.0443. The van der Waals surface area contributed by atoms with E-state index in [1.54, 1.807) is 6.20 Å². The van der Waals surface area contributed by atoms with Crippen molar-refractivity contribution in [1.82, 2.24) is 25.2 Å². The Hall–Kier alpha value is -3.42. The van der Waals surface area contributed by atoms with Gasteiger partial charge in [0.2, 0.25) is 27.7 Å². The van der Waals surface area contributed by atoms with Crippen LogP contribution in [0.15, 0.2) is 18.3 Å². The topological polar surface area (TPSA) is 173 Å². The molecule has 4 aliphatic rings. The van der Waals surface area contributed by atoms with Crippen molar-refractivity contribution in [3.8, 4) is 5.88 Å². The summed E-state index contributed by atoms with van der Waals surface area (Å²) in [6, 6.07) is 1.75. The van der Waals surface area contributed by atoms with Gasteiger partial charge in [-0.15, -0.1) is 0 Å². The van der Waals surface area contributed by atoms with Gasteiger partial charge in [-0.25, -0.2) is 18.2 Å². The quantitative estimate of drug-likeness (QED) is 0.410. The fourth-order valence-electron chi connectivity index (χ4n) is 6.64. The zero-order valence-corrected chi connectivity index (χ0v) is 28.7. The number of rotatable bonds is 6. The lowest BCUT2D eigenvalue weighted by molar-refractivity contribution is -0.143. The van der Waals surface area contributed by atoms with Crippen LogP contribution in [0.1, 0.15) is 97.5 Å². The highest BCUT2D eigenvalue weighted by atomic mass is 32.2. The van der Waals surface area contributed by atoms with Crippen LogP contribution in [0.3, 0.4) is 0 Å². The minimum Gasteiger partial charge on any atom is -0.472 e. The van der Waals surface area contributed by atoms with Crippen LogP contribution in [0, 0.1) is 11.3 Å². The van der Waals surface area contributed by atoms with Crippen LogP contribution < -0.4 is 20.1 Å². The number of hydrogen-bond donors (Lipinski definition) is 3. The highest BCUT2D eigenvalue weighted by Gasteiger charge is 2.62. The van der Waals surface area contributed by atoms with Crippen LogP contribution in [0.25, 0.3) is 0 Å². The van der Waals surface area contributed by atoms with Crippen LogP contribution in [0.4, 0.5) is 4.79 Å². The lowest BCUT2D eigenvalue weighted by Gasteiger charge is -2.35. The van der Waals surface area contributed by atoms with Gasteiger partial charge in [0.15, 0.2) is 0 Å². The molecule has 2 aliphatic heterocycles. The number of aryl methyl sites for hydroxylation is 1. The number of sulfonamides is 1. The zero-order valence-electron chi connectivity index (χ0n) is 27.9. The van der Waals surface area contributed by atoms with Crippen LogP contribution in [-0.4, -0.2) is 84.2 Å². The van der Waals surface area contributed by atoms with Crippen LogP contribution in [0.5, 0.6) is 5.88 Å². The molecule has 2 saturated carbocycles. The number of carbonyl (C=O) groups is 4. The highest BCUT2D eigenvalue weighted by Crippen LogP contribution is 2.47. The molecule has 5 atom stereocenters. The van der Waals surface area contributed by atoms with Gasteiger partial charge in [-0.05, 0) is 55.9 Å². The molecule has 0 radical (unpaired) electrons. The molecule has 260 valence electrons. The number of pyridine rings is 1. The molecule has 0 aromatic carbocycles. The van der Waals surface area contributed by atoms with Gasteiger partial charge in [0, 0.05) is 18.2 Å². The normalized spacial score (nSPS) is 29.2. The maximum atomic E-state index is 14.3. The average Bonchev–Trinajstić information content (AvgIpc) is 3.93. The Morgan fingerprint density at radius 3 is 2.53 bits per heavy atom. The minimum atomic E-state index is -3.83. The van der Waals surface area contributed by atoms with E-state index >= 15 is 0 Å². The van der Waals surface area contributed by atoms with Gasteiger partial charge < -0.3 is 25.0 Å². The van der Waals surface area contributed by atoms with Crippen molar-refractivity contribution in [2.24, 2.45) is 11.3 Å². The molecule has 1 aromatic rings. The number of amides is 4. The number of nitrogens with zero attached hydrogens (tertiary/aromatic N) is 2. The predicted octanol–water partition coefficient (Wildman–Crippen LogP) is 2.97. The first-order valence-electron chi connectivity index (χ1n) is 17.0. The lowest BCUT2D eigenvalue weighted by atomic mass is 9.85. The Morgan fingerprint density at radius 2 is 1.85 bits per heavy atom. The van der Waals surface area contributed by atoms with Gasteiger partial charge in [-0.2, -0.15) is 0 Å². The van der Waals surface area contributed by atoms with E-state index in [-0.39, 0.29) is 31.9 Å². The molecule has 3 fully saturated rings. The third-order valence-electron chi connectivity index (χ3n) is 9.72. The van der Waals surface area contributed by atoms with Crippen molar-refractivity contribution in [2.45, 2.75) is 127 Å². The molecule has 1 aromatic heterocycles. The van der Waals surface area contributed by atoms with E-state index < -0.39 is 68.2 Å². The third-order valence-corrected chi connectivity index (χ3v) is 11.5. The lowest BCUT2D eigenvalue weighted by Crippen LogP contribution is -2.60. The molecule has 2 aliphatic carbocycles. The van der Waals surface area contributed by atoms with Crippen LogP contribution in [0.2, 0.25) is 0 Å². The average molecular weight is 676 g/mol. The van der Waals surface area contributed by atoms with Gasteiger partial charge in [0.1, 0.15) is 23.7 Å². The first kappa shape index (κ1) is 34.9. The summed E-state index contributed by atoms with van der Waals surface area (Å²) in [4.78, 5) is 60.5. The fraction of sp³-hybridized carbons (Fsp3) is 0.727. The third kappa shape index (κ3) is 8.18. The van der Waals surface area contributed by atoms with Crippen LogP contribution in [-0.2, 0) is 35.6 Å². The number of alkyl carbamates (subject to hydrolysis) is 1. The van der Waals surface area contributed by atoms with E-state index in [2.05, 4.69) is 20.3 Å². The molecule has 0 unspecified atom stereocenters. The number of nitrogens with one attached hydrogen (secondary N) is 3. The second-order valence-corrected chi connectivity index (χ2v) is 16.5. The van der Waals surface area contributed by atoms with Crippen LogP contribution >= 0.6 is 0 Å². The number of aromatic nitrogens is 1. The molecule has 47 heavy (non-hydrogen) atoms. The van der Waals surface area contributed by atoms with Crippen molar-refractivity contribution < 1.29 is 37.1 Å². The van der Waals surface area contributed by atoms with E-state index in [9.17, 15) is 27.6 Å². The van der Waals surface area contributed by atoms with E-state index in [0.717, 1.165) is 37.7 Å². The Morgan fingerprint density at radius 1 is 1.13 bits per heavy atom. The van der Waals surface area contributed by atoms with E-state index in [1.807, 2.05) is 39.8 Å². The van der Waals surface area contributed by atoms with Gasteiger partial charge in [0.05, 0.1) is 18.4 Å². The van der Waals surface area contributed by atoms with E-state index in [0.29, 0.717) is 31.6 Å². The summed E-state index contributed by atoms with van der Waals surface area (Å²) in [5, 5.41) is 5.00. The maximum absolute atomic E-state index is 14.3. The molecule has 5 rings (SSSR count). The van der Waals surface area contributed by atoms with Crippen molar-refractivity contribution in [3.63, 3.8) is 0 Å². The summed E-state index contributed by atoms with van der Waals surface area (Å²) in [7, 11) is -3.83. The zero-order chi connectivity index (χ0) is 34.0. The molecule has 3 N–H and O–H groups in total. The van der Waals surface area contributed by atoms with E-state index in [4.69, 9.17) is 9.47 Å². The number of cyclic esters (lactones) is 1. The molecule has 2 bridgehead atoms. The summed E-state index contributed by atoms with van der Waals surface area (Å²) in [6.45, 7) is 7.60. The number of ether oxygens (including phenoxy) is 2. The summed E-state index contributed by atoms with van der Waals surface area (Å²) in [6.07, 6.45) is 7.56. The Bertz CT molecular complexity index is 1460. The van der Waals surface area contributed by atoms with Gasteiger partial charge in [-0.3, -0.25) is 19.1 Å². The number of fused-ring (bicyclic) bond motifs is 3. The first-order valence-corrected chi connectivity index (χ1v) is 18.5. The van der Waals surface area contributed by atoms with Crippen molar-refractivity contribution >= 4 is 33.8 Å². The standard InChI is InChI=1S/C33H49N5O8S/c1-5-22-19-33(22,30(41)37-47(43,44)24-14-15-24)36-27(39)25-18-23-20-38(25)29(40)26(32(2,3)4)35-31(42)45-17-10-8-6-7-9-12-21-13-11-16-34-28(21)46-23/h11,13,16,22-26H,5-10,12,14-15,17-20H2,1-4H3,(H,35,42)(H,36,39)(H,37,41)/t22-,23+,25-,26+,33+/m0/s1. The molecule has 14 heteroatoms. The smallest absolute Gasteiger partial charge is 0.407 e. The van der Waals surface area contributed by atoms with Gasteiger partial charge >= 0.3 is 6.09 Å². The molecule has 4 amide bonds. The Kier molecular flexibility index (Phi) is 10.4. The highest BCUT2D eigenvalue weighted by molar-refractivity contribution is 7.91. The van der Waals surface area contributed by atoms with Gasteiger partial charge in [-0.1, -0.05) is 59.4 Å². The molecular weight excluding hydrogens is 626 g/mol.